The first kappa shape index (κ1) is 20.5. The third-order valence-corrected chi connectivity index (χ3v) is 5.33. The minimum Gasteiger partial charge on any atom is -0.391 e. The van der Waals surface area contributed by atoms with Crippen molar-refractivity contribution in [3.63, 3.8) is 0 Å². The zero-order chi connectivity index (χ0) is 20.1. The summed E-state index contributed by atoms with van der Waals surface area (Å²) in [4.78, 5) is 26.7. The lowest BCUT2D eigenvalue weighted by molar-refractivity contribution is -0.114. The lowest BCUT2D eigenvalue weighted by Crippen LogP contribution is -2.42. The van der Waals surface area contributed by atoms with Gasteiger partial charge in [0.15, 0.2) is 0 Å². The van der Waals surface area contributed by atoms with Crippen LogP contribution in [-0.4, -0.2) is 47.6 Å². The van der Waals surface area contributed by atoms with Crippen LogP contribution in [0.5, 0.6) is 0 Å². The normalized spacial score (nSPS) is 16.5. The first-order valence-electron chi connectivity index (χ1n) is 9.00. The minimum atomic E-state index is -0.494. The molecule has 28 heavy (non-hydrogen) atoms. The van der Waals surface area contributed by atoms with Crippen molar-refractivity contribution in [3.8, 4) is 0 Å². The number of likely N-dealkylation sites (tertiary alicyclic amines) is 1. The van der Waals surface area contributed by atoms with Crippen LogP contribution in [-0.2, 0) is 4.79 Å². The minimum absolute atomic E-state index is 0.0459. The number of piperidine rings is 1. The number of benzene rings is 2. The molecule has 1 saturated heterocycles. The predicted octanol–water partition coefficient (Wildman–Crippen LogP) is 3.64. The number of para-hydroxylation sites is 1. The van der Waals surface area contributed by atoms with E-state index in [1.807, 2.05) is 0 Å². The van der Waals surface area contributed by atoms with Crippen LogP contribution in [0.4, 0.5) is 11.4 Å². The quantitative estimate of drug-likeness (QED) is 0.687. The van der Waals surface area contributed by atoms with Crippen molar-refractivity contribution in [2.24, 2.45) is 0 Å². The standard InChI is InChI=1S/C20H21Cl2N3O3/c21-15-7-3-9-17(19(15)22)24-18(27)11-23-16-8-2-1-6-14(16)20(28)25-10-4-5-13(26)12-25/h1-3,6-9,13,23,26H,4-5,10-12H2,(H,24,27). The molecule has 1 atom stereocenters. The van der Waals surface area contributed by atoms with Crippen LogP contribution in [0.25, 0.3) is 0 Å². The van der Waals surface area contributed by atoms with E-state index < -0.39 is 6.10 Å². The molecule has 2 amide bonds. The zero-order valence-electron chi connectivity index (χ0n) is 15.1. The first-order chi connectivity index (χ1) is 13.5. The van der Waals surface area contributed by atoms with Crippen LogP contribution in [0, 0.1) is 0 Å². The van der Waals surface area contributed by atoms with Gasteiger partial charge in [0.25, 0.3) is 5.91 Å². The fraction of sp³-hybridized carbons (Fsp3) is 0.300. The number of aliphatic hydroxyl groups is 1. The molecule has 6 nitrogen and oxygen atoms in total. The maximum absolute atomic E-state index is 12.8. The van der Waals surface area contributed by atoms with Gasteiger partial charge < -0.3 is 20.6 Å². The summed E-state index contributed by atoms with van der Waals surface area (Å²) in [5.41, 5.74) is 1.44. The van der Waals surface area contributed by atoms with E-state index in [2.05, 4.69) is 10.6 Å². The molecule has 0 aromatic heterocycles. The maximum atomic E-state index is 12.8. The van der Waals surface area contributed by atoms with E-state index in [-0.39, 0.29) is 23.4 Å². The molecular formula is C20H21Cl2N3O3. The molecule has 1 fully saturated rings. The summed E-state index contributed by atoms with van der Waals surface area (Å²) in [6.45, 7) is 0.884. The van der Waals surface area contributed by atoms with Crippen molar-refractivity contribution >= 4 is 46.4 Å². The molecule has 148 valence electrons. The van der Waals surface area contributed by atoms with Gasteiger partial charge in [-0.15, -0.1) is 0 Å². The summed E-state index contributed by atoms with van der Waals surface area (Å²) in [6, 6.07) is 12.0. The Balaban J connectivity index is 1.65. The maximum Gasteiger partial charge on any atom is 0.256 e. The number of β-amino-alcohol motifs (C(OH)–C–C–N with tert-alkyl or cyclic N) is 1. The van der Waals surface area contributed by atoms with Crippen molar-refractivity contribution in [2.75, 3.05) is 30.3 Å². The van der Waals surface area contributed by atoms with Crippen molar-refractivity contribution in [2.45, 2.75) is 18.9 Å². The highest BCUT2D eigenvalue weighted by Gasteiger charge is 2.24. The van der Waals surface area contributed by atoms with Crippen LogP contribution < -0.4 is 10.6 Å². The number of hydrogen-bond acceptors (Lipinski definition) is 4. The monoisotopic (exact) mass is 421 g/mol. The van der Waals surface area contributed by atoms with Gasteiger partial charge in [-0.25, -0.2) is 0 Å². The predicted molar refractivity (Wildman–Crippen MR) is 111 cm³/mol. The van der Waals surface area contributed by atoms with E-state index in [4.69, 9.17) is 23.2 Å². The number of halogens is 2. The molecule has 2 aromatic rings. The molecule has 0 radical (unpaired) electrons. The van der Waals surface area contributed by atoms with Crippen molar-refractivity contribution in [3.05, 3.63) is 58.1 Å². The lowest BCUT2D eigenvalue weighted by atomic mass is 10.1. The summed E-state index contributed by atoms with van der Waals surface area (Å²) < 4.78 is 0. The second-order valence-electron chi connectivity index (χ2n) is 6.60. The molecule has 0 bridgehead atoms. The number of nitrogens with one attached hydrogen (secondary N) is 2. The van der Waals surface area contributed by atoms with Gasteiger partial charge in [-0.3, -0.25) is 9.59 Å². The van der Waals surface area contributed by atoms with Crippen LogP contribution >= 0.6 is 23.2 Å². The van der Waals surface area contributed by atoms with Gasteiger partial charge in [0, 0.05) is 18.8 Å². The van der Waals surface area contributed by atoms with Crippen LogP contribution in [0.2, 0.25) is 10.0 Å². The summed E-state index contributed by atoms with van der Waals surface area (Å²) in [5, 5.41) is 16.1. The van der Waals surface area contributed by atoms with Crippen molar-refractivity contribution in [1.82, 2.24) is 4.90 Å². The number of hydrogen-bond donors (Lipinski definition) is 3. The van der Waals surface area contributed by atoms with Gasteiger partial charge in [0.2, 0.25) is 5.91 Å². The molecule has 0 aliphatic carbocycles. The fourth-order valence-corrected chi connectivity index (χ4v) is 3.45. The summed E-state index contributed by atoms with van der Waals surface area (Å²) in [7, 11) is 0. The molecule has 1 heterocycles. The molecule has 0 spiro atoms. The van der Waals surface area contributed by atoms with Gasteiger partial charge in [-0.1, -0.05) is 41.4 Å². The smallest absolute Gasteiger partial charge is 0.256 e. The highest BCUT2D eigenvalue weighted by Crippen LogP contribution is 2.29. The summed E-state index contributed by atoms with van der Waals surface area (Å²) in [5.74, 6) is -0.486. The SMILES string of the molecule is O=C(CNc1ccccc1C(=O)N1CCCC(O)C1)Nc1cccc(Cl)c1Cl. The number of rotatable bonds is 5. The Morgan fingerprint density at radius 3 is 2.64 bits per heavy atom. The second-order valence-corrected chi connectivity index (χ2v) is 7.38. The Morgan fingerprint density at radius 1 is 1.11 bits per heavy atom. The van der Waals surface area contributed by atoms with Crippen LogP contribution in [0.1, 0.15) is 23.2 Å². The van der Waals surface area contributed by atoms with Crippen LogP contribution in [0.15, 0.2) is 42.5 Å². The molecule has 1 aliphatic rings. The number of amides is 2. The van der Waals surface area contributed by atoms with E-state index in [0.717, 1.165) is 6.42 Å². The van der Waals surface area contributed by atoms with Crippen molar-refractivity contribution < 1.29 is 14.7 Å². The number of nitrogens with zero attached hydrogens (tertiary/aromatic N) is 1. The molecule has 1 unspecified atom stereocenters. The van der Waals surface area contributed by atoms with Crippen molar-refractivity contribution in [1.29, 1.82) is 0 Å². The lowest BCUT2D eigenvalue weighted by Gasteiger charge is -2.30. The highest BCUT2D eigenvalue weighted by atomic mass is 35.5. The Labute approximate surface area is 173 Å². The van der Waals surface area contributed by atoms with E-state index in [1.54, 1.807) is 47.4 Å². The molecular weight excluding hydrogens is 401 g/mol. The molecule has 2 aromatic carbocycles. The van der Waals surface area contributed by atoms with E-state index in [1.165, 1.54) is 0 Å². The third kappa shape index (κ3) is 4.95. The second kappa shape index (κ2) is 9.28. The largest absolute Gasteiger partial charge is 0.391 e. The van der Waals surface area contributed by atoms with E-state index in [0.29, 0.717) is 41.5 Å². The van der Waals surface area contributed by atoms with Gasteiger partial charge >= 0.3 is 0 Å². The highest BCUT2D eigenvalue weighted by molar-refractivity contribution is 6.44. The third-order valence-electron chi connectivity index (χ3n) is 4.51. The zero-order valence-corrected chi connectivity index (χ0v) is 16.6. The molecule has 0 saturated carbocycles. The summed E-state index contributed by atoms with van der Waals surface area (Å²) in [6.07, 6.45) is 0.979. The Bertz CT molecular complexity index is 876. The Kier molecular flexibility index (Phi) is 6.78. The molecule has 3 rings (SSSR count). The van der Waals surface area contributed by atoms with Gasteiger partial charge in [0.1, 0.15) is 0 Å². The number of carbonyl (C=O) groups excluding carboxylic acids is 2. The van der Waals surface area contributed by atoms with E-state index in [9.17, 15) is 14.7 Å². The van der Waals surface area contributed by atoms with Gasteiger partial charge in [0.05, 0.1) is 33.9 Å². The average molecular weight is 422 g/mol. The van der Waals surface area contributed by atoms with Gasteiger partial charge in [-0.05, 0) is 37.1 Å². The topological polar surface area (TPSA) is 81.7 Å². The van der Waals surface area contributed by atoms with Crippen LogP contribution in [0.3, 0.4) is 0 Å². The Morgan fingerprint density at radius 2 is 1.86 bits per heavy atom. The first-order valence-corrected chi connectivity index (χ1v) is 9.75. The molecule has 8 heteroatoms. The average Bonchev–Trinajstić information content (AvgIpc) is 2.69. The summed E-state index contributed by atoms with van der Waals surface area (Å²) >= 11 is 12.0. The van der Waals surface area contributed by atoms with E-state index >= 15 is 0 Å². The molecule has 1 aliphatic heterocycles. The van der Waals surface area contributed by atoms with Gasteiger partial charge in [-0.2, -0.15) is 0 Å². The fourth-order valence-electron chi connectivity index (χ4n) is 3.10. The number of anilines is 2. The number of carbonyl (C=O) groups is 2. The Hall–Kier alpha value is -2.28. The number of aliphatic hydroxyl groups excluding tert-OH is 1. The molecule has 3 N–H and O–H groups in total.